The summed E-state index contributed by atoms with van der Waals surface area (Å²) in [4.78, 5) is 33.4. The minimum Gasteiger partial charge on any atom is -0.494 e. The predicted molar refractivity (Wildman–Crippen MR) is 123 cm³/mol. The van der Waals surface area contributed by atoms with E-state index in [1.807, 2.05) is 37.3 Å². The minimum atomic E-state index is -0.487. The van der Waals surface area contributed by atoms with E-state index in [0.29, 0.717) is 15.8 Å². The standard InChI is InChI=1S/C24H22FN3O3S/c1-15-21-23(32-22(15)17-7-5-4-6-8-17)26-14-28(24(21)30)13-20(29)27(2)12-16-9-10-19(31-3)18(25)11-16/h4-11,14H,12-13H2,1-3H3. The Bertz CT molecular complexity index is 1350. The fraction of sp³-hybridized carbons (Fsp3) is 0.208. The number of aromatic nitrogens is 2. The van der Waals surface area contributed by atoms with Crippen molar-refractivity contribution in [2.45, 2.75) is 20.0 Å². The fourth-order valence-corrected chi connectivity index (χ4v) is 4.72. The van der Waals surface area contributed by atoms with Crippen molar-refractivity contribution in [3.8, 4) is 16.2 Å². The van der Waals surface area contributed by atoms with E-state index in [0.717, 1.165) is 16.0 Å². The molecule has 164 valence electrons. The lowest BCUT2D eigenvalue weighted by Crippen LogP contribution is -2.33. The van der Waals surface area contributed by atoms with E-state index in [2.05, 4.69) is 4.98 Å². The van der Waals surface area contributed by atoms with Crippen molar-refractivity contribution in [1.29, 1.82) is 0 Å². The smallest absolute Gasteiger partial charge is 0.262 e. The van der Waals surface area contributed by atoms with Crippen LogP contribution in [0, 0.1) is 12.7 Å². The Balaban J connectivity index is 1.56. The number of ether oxygens (including phenoxy) is 1. The Kier molecular flexibility index (Phi) is 6.05. The fourth-order valence-electron chi connectivity index (χ4n) is 3.57. The molecule has 0 atom stereocenters. The second-order valence-electron chi connectivity index (χ2n) is 7.50. The highest BCUT2D eigenvalue weighted by Crippen LogP contribution is 2.35. The lowest BCUT2D eigenvalue weighted by atomic mass is 10.1. The largest absolute Gasteiger partial charge is 0.494 e. The summed E-state index contributed by atoms with van der Waals surface area (Å²) in [6, 6.07) is 14.4. The first kappa shape index (κ1) is 21.7. The summed E-state index contributed by atoms with van der Waals surface area (Å²) in [5, 5.41) is 0.532. The van der Waals surface area contributed by atoms with Crippen LogP contribution in [0.3, 0.4) is 0 Å². The molecule has 0 radical (unpaired) electrons. The number of aryl methyl sites for hydroxylation is 1. The molecular weight excluding hydrogens is 429 g/mol. The van der Waals surface area contributed by atoms with Gasteiger partial charge in [-0.15, -0.1) is 11.3 Å². The summed E-state index contributed by atoms with van der Waals surface area (Å²) in [5.74, 6) is -0.617. The van der Waals surface area contributed by atoms with E-state index in [1.165, 1.54) is 46.4 Å². The first-order valence-electron chi connectivity index (χ1n) is 9.99. The molecule has 8 heteroatoms. The molecule has 4 aromatic rings. The minimum absolute atomic E-state index is 0.146. The van der Waals surface area contributed by atoms with E-state index in [4.69, 9.17) is 4.74 Å². The molecule has 2 aromatic carbocycles. The van der Waals surface area contributed by atoms with Gasteiger partial charge in [0.15, 0.2) is 11.6 Å². The number of benzene rings is 2. The summed E-state index contributed by atoms with van der Waals surface area (Å²) >= 11 is 1.47. The second kappa shape index (κ2) is 8.92. The Morgan fingerprint density at radius 2 is 1.97 bits per heavy atom. The van der Waals surface area contributed by atoms with Crippen LogP contribution in [-0.2, 0) is 17.9 Å². The average Bonchev–Trinajstić information content (AvgIpc) is 3.13. The zero-order valence-electron chi connectivity index (χ0n) is 18.0. The van der Waals surface area contributed by atoms with Gasteiger partial charge in [0.25, 0.3) is 5.56 Å². The first-order chi connectivity index (χ1) is 15.4. The van der Waals surface area contributed by atoms with Gasteiger partial charge in [0, 0.05) is 18.5 Å². The van der Waals surface area contributed by atoms with Crippen LogP contribution >= 0.6 is 11.3 Å². The molecule has 32 heavy (non-hydrogen) atoms. The van der Waals surface area contributed by atoms with Crippen molar-refractivity contribution >= 4 is 27.5 Å². The highest BCUT2D eigenvalue weighted by Gasteiger charge is 2.18. The lowest BCUT2D eigenvalue weighted by Gasteiger charge is -2.18. The predicted octanol–water partition coefficient (Wildman–Crippen LogP) is 4.24. The van der Waals surface area contributed by atoms with E-state index < -0.39 is 5.82 Å². The number of thiophene rings is 1. The third kappa shape index (κ3) is 4.13. The normalized spacial score (nSPS) is 11.0. The topological polar surface area (TPSA) is 64.4 Å². The molecule has 0 saturated heterocycles. The van der Waals surface area contributed by atoms with Crippen LogP contribution in [0.4, 0.5) is 4.39 Å². The third-order valence-corrected chi connectivity index (χ3v) is 6.57. The highest BCUT2D eigenvalue weighted by atomic mass is 32.1. The van der Waals surface area contributed by atoms with Crippen LogP contribution < -0.4 is 10.3 Å². The number of amides is 1. The van der Waals surface area contributed by atoms with Crippen LogP contribution in [0.25, 0.3) is 20.7 Å². The van der Waals surface area contributed by atoms with Crippen molar-refractivity contribution in [3.05, 3.63) is 82.2 Å². The number of likely N-dealkylation sites (N-methyl/N-ethyl adjacent to an activating group) is 1. The number of methoxy groups -OCH3 is 1. The number of nitrogens with zero attached hydrogens (tertiary/aromatic N) is 3. The molecule has 2 aromatic heterocycles. The number of carbonyl (C=O) groups is 1. The zero-order chi connectivity index (χ0) is 22.8. The molecule has 0 unspecified atom stereocenters. The molecule has 0 saturated carbocycles. The third-order valence-electron chi connectivity index (χ3n) is 5.32. The quantitative estimate of drug-likeness (QED) is 0.440. The summed E-state index contributed by atoms with van der Waals surface area (Å²) < 4.78 is 20.2. The Morgan fingerprint density at radius 1 is 1.22 bits per heavy atom. The number of fused-ring (bicyclic) bond motifs is 1. The SMILES string of the molecule is COc1ccc(CN(C)C(=O)Cn2cnc3sc(-c4ccccc4)c(C)c3c2=O)cc1F. The lowest BCUT2D eigenvalue weighted by molar-refractivity contribution is -0.131. The van der Waals surface area contributed by atoms with Gasteiger partial charge >= 0.3 is 0 Å². The summed E-state index contributed by atoms with van der Waals surface area (Å²) in [5.41, 5.74) is 2.27. The molecule has 0 aliphatic carbocycles. The number of hydrogen-bond donors (Lipinski definition) is 0. The maximum Gasteiger partial charge on any atom is 0.262 e. The molecule has 4 rings (SSSR count). The van der Waals surface area contributed by atoms with Crippen LogP contribution in [0.15, 0.2) is 59.7 Å². The van der Waals surface area contributed by atoms with Crippen molar-refractivity contribution in [2.24, 2.45) is 0 Å². The van der Waals surface area contributed by atoms with Gasteiger partial charge in [-0.3, -0.25) is 14.2 Å². The van der Waals surface area contributed by atoms with E-state index in [1.54, 1.807) is 13.1 Å². The maximum absolute atomic E-state index is 13.9. The zero-order valence-corrected chi connectivity index (χ0v) is 18.8. The van der Waals surface area contributed by atoms with E-state index >= 15 is 0 Å². The van der Waals surface area contributed by atoms with Gasteiger partial charge in [-0.05, 0) is 35.7 Å². The Morgan fingerprint density at radius 3 is 2.66 bits per heavy atom. The molecule has 0 spiro atoms. The maximum atomic E-state index is 13.9. The number of carbonyl (C=O) groups excluding carboxylic acids is 1. The summed E-state index contributed by atoms with van der Waals surface area (Å²) in [6.07, 6.45) is 1.41. The molecule has 2 heterocycles. The van der Waals surface area contributed by atoms with Crippen molar-refractivity contribution in [1.82, 2.24) is 14.5 Å². The van der Waals surface area contributed by atoms with Gasteiger partial charge in [-0.2, -0.15) is 0 Å². The van der Waals surface area contributed by atoms with Gasteiger partial charge in [0.1, 0.15) is 11.4 Å². The average molecular weight is 452 g/mol. The monoisotopic (exact) mass is 451 g/mol. The highest BCUT2D eigenvalue weighted by molar-refractivity contribution is 7.22. The van der Waals surface area contributed by atoms with Gasteiger partial charge < -0.3 is 9.64 Å². The molecule has 0 aliphatic rings. The van der Waals surface area contributed by atoms with Crippen LogP contribution in [0.1, 0.15) is 11.1 Å². The first-order valence-corrected chi connectivity index (χ1v) is 10.8. The van der Waals surface area contributed by atoms with E-state index in [9.17, 15) is 14.0 Å². The molecular formula is C24H22FN3O3S. The Labute approximate surface area is 188 Å². The van der Waals surface area contributed by atoms with Crippen molar-refractivity contribution in [3.63, 3.8) is 0 Å². The molecule has 0 bridgehead atoms. The van der Waals surface area contributed by atoms with Crippen LogP contribution in [-0.4, -0.2) is 34.5 Å². The van der Waals surface area contributed by atoms with Gasteiger partial charge in [0.2, 0.25) is 5.91 Å². The molecule has 1 amide bonds. The second-order valence-corrected chi connectivity index (χ2v) is 8.50. The van der Waals surface area contributed by atoms with Gasteiger partial charge in [-0.25, -0.2) is 9.37 Å². The molecule has 6 nitrogen and oxygen atoms in total. The molecule has 0 N–H and O–H groups in total. The van der Waals surface area contributed by atoms with Gasteiger partial charge in [0.05, 0.1) is 18.8 Å². The van der Waals surface area contributed by atoms with Gasteiger partial charge in [-0.1, -0.05) is 36.4 Å². The van der Waals surface area contributed by atoms with Crippen LogP contribution in [0.2, 0.25) is 0 Å². The Hall–Kier alpha value is -3.52. The van der Waals surface area contributed by atoms with Crippen LogP contribution in [0.5, 0.6) is 5.75 Å². The number of rotatable bonds is 6. The van der Waals surface area contributed by atoms with E-state index in [-0.39, 0.29) is 30.3 Å². The van der Waals surface area contributed by atoms with Crippen molar-refractivity contribution < 1.29 is 13.9 Å². The molecule has 0 aliphatic heterocycles. The summed E-state index contributed by atoms with van der Waals surface area (Å²) in [6.45, 7) is 1.97. The number of hydrogen-bond acceptors (Lipinski definition) is 5. The molecule has 0 fully saturated rings. The number of halogens is 1. The van der Waals surface area contributed by atoms with Crippen molar-refractivity contribution in [2.75, 3.05) is 14.2 Å². The summed E-state index contributed by atoms with van der Waals surface area (Å²) in [7, 11) is 3.01.